The van der Waals surface area contributed by atoms with E-state index in [1.807, 2.05) is 0 Å². The lowest BCUT2D eigenvalue weighted by Crippen LogP contribution is -2.39. The monoisotopic (exact) mass is 201 g/mol. The molecule has 1 aliphatic heterocycles. The molecular formula is C11H23NO2. The second-order valence-corrected chi connectivity index (χ2v) is 4.54. The van der Waals surface area contributed by atoms with E-state index in [1.165, 1.54) is 0 Å². The zero-order valence-corrected chi connectivity index (χ0v) is 9.37. The smallest absolute Gasteiger partial charge is 0.0509 e. The third-order valence-corrected chi connectivity index (χ3v) is 2.62. The molecule has 84 valence electrons. The van der Waals surface area contributed by atoms with Crippen LogP contribution in [0.5, 0.6) is 0 Å². The van der Waals surface area contributed by atoms with Gasteiger partial charge in [0.1, 0.15) is 0 Å². The van der Waals surface area contributed by atoms with Gasteiger partial charge in [0.2, 0.25) is 0 Å². The van der Waals surface area contributed by atoms with Crippen molar-refractivity contribution in [3.8, 4) is 0 Å². The first-order chi connectivity index (χ1) is 6.70. The van der Waals surface area contributed by atoms with Crippen molar-refractivity contribution in [1.29, 1.82) is 0 Å². The number of hydrogen-bond donors (Lipinski definition) is 1. The predicted molar refractivity (Wildman–Crippen MR) is 57.2 cm³/mol. The molecule has 1 aliphatic rings. The number of nitrogens with two attached hydrogens (primary N) is 1. The lowest BCUT2D eigenvalue weighted by Gasteiger charge is -2.28. The van der Waals surface area contributed by atoms with Crippen molar-refractivity contribution in [3.05, 3.63) is 0 Å². The van der Waals surface area contributed by atoms with E-state index < -0.39 is 0 Å². The Morgan fingerprint density at radius 1 is 1.50 bits per heavy atom. The highest BCUT2D eigenvalue weighted by Gasteiger charge is 2.21. The van der Waals surface area contributed by atoms with Gasteiger partial charge in [-0.25, -0.2) is 0 Å². The molecule has 0 aromatic carbocycles. The van der Waals surface area contributed by atoms with E-state index in [0.29, 0.717) is 17.9 Å². The summed E-state index contributed by atoms with van der Waals surface area (Å²) in [5.41, 5.74) is 5.99. The summed E-state index contributed by atoms with van der Waals surface area (Å²) >= 11 is 0. The van der Waals surface area contributed by atoms with E-state index in [0.717, 1.165) is 39.3 Å². The number of ether oxygens (including phenoxy) is 2. The van der Waals surface area contributed by atoms with Crippen molar-refractivity contribution in [2.24, 2.45) is 17.6 Å². The van der Waals surface area contributed by atoms with Crippen molar-refractivity contribution in [1.82, 2.24) is 0 Å². The van der Waals surface area contributed by atoms with Crippen molar-refractivity contribution in [2.75, 3.05) is 26.4 Å². The number of hydrogen-bond acceptors (Lipinski definition) is 3. The highest BCUT2D eigenvalue weighted by Crippen LogP contribution is 2.16. The van der Waals surface area contributed by atoms with Crippen molar-refractivity contribution in [3.63, 3.8) is 0 Å². The SMILES string of the molecule is CC(C)COCCC1COCCC1N. The number of rotatable bonds is 5. The Kier molecular flexibility index (Phi) is 5.45. The predicted octanol–water partition coefficient (Wildman–Crippen LogP) is 1.41. The van der Waals surface area contributed by atoms with E-state index >= 15 is 0 Å². The molecule has 1 fully saturated rings. The maximum Gasteiger partial charge on any atom is 0.0509 e. The summed E-state index contributed by atoms with van der Waals surface area (Å²) < 4.78 is 10.9. The van der Waals surface area contributed by atoms with Crippen LogP contribution in [0.4, 0.5) is 0 Å². The fraction of sp³-hybridized carbons (Fsp3) is 1.00. The van der Waals surface area contributed by atoms with Gasteiger partial charge in [-0.1, -0.05) is 13.8 Å². The van der Waals surface area contributed by atoms with Crippen LogP contribution in [0.2, 0.25) is 0 Å². The Bertz CT molecular complexity index is 150. The average Bonchev–Trinajstić information content (AvgIpc) is 2.15. The van der Waals surface area contributed by atoms with Crippen LogP contribution in [0.15, 0.2) is 0 Å². The minimum atomic E-state index is 0.311. The van der Waals surface area contributed by atoms with Gasteiger partial charge in [-0.2, -0.15) is 0 Å². The Balaban J connectivity index is 2.04. The molecule has 1 rings (SSSR count). The van der Waals surface area contributed by atoms with Crippen molar-refractivity contribution < 1.29 is 9.47 Å². The van der Waals surface area contributed by atoms with Crippen molar-refractivity contribution in [2.45, 2.75) is 32.7 Å². The highest BCUT2D eigenvalue weighted by molar-refractivity contribution is 4.75. The van der Waals surface area contributed by atoms with Crippen LogP contribution in [0.25, 0.3) is 0 Å². The van der Waals surface area contributed by atoms with E-state index in [2.05, 4.69) is 13.8 Å². The fourth-order valence-corrected chi connectivity index (χ4v) is 1.66. The third kappa shape index (κ3) is 4.40. The molecule has 1 saturated heterocycles. The molecule has 2 atom stereocenters. The topological polar surface area (TPSA) is 44.5 Å². The van der Waals surface area contributed by atoms with Crippen molar-refractivity contribution >= 4 is 0 Å². The maximum absolute atomic E-state index is 5.99. The third-order valence-electron chi connectivity index (χ3n) is 2.62. The Labute approximate surface area is 86.9 Å². The van der Waals surface area contributed by atoms with Gasteiger partial charge in [-0.3, -0.25) is 0 Å². The average molecular weight is 201 g/mol. The van der Waals surface area contributed by atoms with E-state index in [1.54, 1.807) is 0 Å². The molecule has 0 spiro atoms. The first-order valence-corrected chi connectivity index (χ1v) is 5.61. The summed E-state index contributed by atoms with van der Waals surface area (Å²) in [6.45, 7) is 7.63. The lowest BCUT2D eigenvalue weighted by atomic mass is 9.94. The van der Waals surface area contributed by atoms with Gasteiger partial charge >= 0.3 is 0 Å². The molecule has 0 aromatic heterocycles. The molecule has 0 saturated carbocycles. The summed E-state index contributed by atoms with van der Waals surface area (Å²) in [5, 5.41) is 0. The van der Waals surface area contributed by atoms with Gasteiger partial charge in [0, 0.05) is 25.9 Å². The van der Waals surface area contributed by atoms with Gasteiger partial charge in [0.15, 0.2) is 0 Å². The van der Waals surface area contributed by atoms with Crippen LogP contribution in [-0.4, -0.2) is 32.5 Å². The van der Waals surface area contributed by atoms with E-state index in [9.17, 15) is 0 Å². The molecule has 0 radical (unpaired) electrons. The molecule has 2 N–H and O–H groups in total. The largest absolute Gasteiger partial charge is 0.381 e. The first kappa shape index (κ1) is 12.0. The van der Waals surface area contributed by atoms with Gasteiger partial charge in [0.05, 0.1) is 6.61 Å². The second kappa shape index (κ2) is 6.38. The quantitative estimate of drug-likeness (QED) is 0.684. The van der Waals surface area contributed by atoms with Gasteiger partial charge in [0.25, 0.3) is 0 Å². The van der Waals surface area contributed by atoms with Crippen LogP contribution in [-0.2, 0) is 9.47 Å². The molecule has 0 aliphatic carbocycles. The van der Waals surface area contributed by atoms with Crippen LogP contribution in [0, 0.1) is 11.8 Å². The van der Waals surface area contributed by atoms with Crippen LogP contribution in [0.1, 0.15) is 26.7 Å². The molecule has 1 heterocycles. The molecule has 3 nitrogen and oxygen atoms in total. The van der Waals surface area contributed by atoms with E-state index in [4.69, 9.17) is 15.2 Å². The molecule has 3 heteroatoms. The maximum atomic E-state index is 5.99. The summed E-state index contributed by atoms with van der Waals surface area (Å²) in [6, 6.07) is 0.311. The molecular weight excluding hydrogens is 178 g/mol. The van der Waals surface area contributed by atoms with Crippen LogP contribution < -0.4 is 5.73 Å². The standard InChI is InChI=1S/C11H23NO2/c1-9(2)7-13-5-3-10-8-14-6-4-11(10)12/h9-11H,3-8,12H2,1-2H3. The summed E-state index contributed by atoms with van der Waals surface area (Å²) in [6.07, 6.45) is 2.03. The summed E-state index contributed by atoms with van der Waals surface area (Å²) in [4.78, 5) is 0. The lowest BCUT2D eigenvalue weighted by molar-refractivity contribution is 0.0198. The van der Waals surface area contributed by atoms with E-state index in [-0.39, 0.29) is 0 Å². The molecule has 0 amide bonds. The summed E-state index contributed by atoms with van der Waals surface area (Å²) in [5.74, 6) is 1.11. The minimum absolute atomic E-state index is 0.311. The minimum Gasteiger partial charge on any atom is -0.381 e. The van der Waals surface area contributed by atoms with Gasteiger partial charge in [-0.05, 0) is 24.7 Å². The fourth-order valence-electron chi connectivity index (χ4n) is 1.66. The normalized spacial score (nSPS) is 28.3. The Hall–Kier alpha value is -0.120. The van der Waals surface area contributed by atoms with Crippen LogP contribution >= 0.6 is 0 Å². The van der Waals surface area contributed by atoms with Crippen LogP contribution in [0.3, 0.4) is 0 Å². The second-order valence-electron chi connectivity index (χ2n) is 4.54. The molecule has 14 heavy (non-hydrogen) atoms. The molecule has 2 unspecified atom stereocenters. The van der Waals surface area contributed by atoms with Gasteiger partial charge < -0.3 is 15.2 Å². The Morgan fingerprint density at radius 3 is 2.93 bits per heavy atom. The summed E-state index contributed by atoms with van der Waals surface area (Å²) in [7, 11) is 0. The zero-order valence-electron chi connectivity index (χ0n) is 9.37. The Morgan fingerprint density at radius 2 is 2.29 bits per heavy atom. The highest BCUT2D eigenvalue weighted by atomic mass is 16.5. The van der Waals surface area contributed by atoms with Gasteiger partial charge in [-0.15, -0.1) is 0 Å². The zero-order chi connectivity index (χ0) is 10.4. The molecule has 0 aromatic rings. The first-order valence-electron chi connectivity index (χ1n) is 5.61. The molecule has 0 bridgehead atoms.